The molecule has 1 aliphatic heterocycles. The topological polar surface area (TPSA) is 38.8 Å². The number of hydrogen-bond donors (Lipinski definition) is 0. The number of methoxy groups -OCH3 is 2. The summed E-state index contributed by atoms with van der Waals surface area (Å²) in [6, 6.07) is 5.84. The quantitative estimate of drug-likeness (QED) is 0.608. The third kappa shape index (κ3) is 4.82. The highest BCUT2D eigenvalue weighted by molar-refractivity contribution is 7.99. The summed E-state index contributed by atoms with van der Waals surface area (Å²) in [6.45, 7) is 3.03. The van der Waals surface area contributed by atoms with Gasteiger partial charge in [-0.15, -0.1) is 11.8 Å². The molecule has 1 saturated heterocycles. The molecule has 2 rings (SSSR count). The third-order valence-corrected chi connectivity index (χ3v) is 5.65. The van der Waals surface area contributed by atoms with Gasteiger partial charge in [-0.25, -0.2) is 0 Å². The maximum absolute atomic E-state index is 12.6. The Morgan fingerprint density at radius 1 is 1.21 bits per heavy atom. The van der Waals surface area contributed by atoms with Crippen LogP contribution in [0.1, 0.15) is 56.4 Å². The van der Waals surface area contributed by atoms with Crippen LogP contribution in [0, 0.1) is 0 Å². The lowest BCUT2D eigenvalue weighted by Gasteiger charge is -2.25. The number of carbonyl (C=O) groups excluding carboxylic acids is 1. The summed E-state index contributed by atoms with van der Waals surface area (Å²) >= 11 is 1.81. The van der Waals surface area contributed by atoms with E-state index in [0.717, 1.165) is 42.2 Å². The van der Waals surface area contributed by atoms with Gasteiger partial charge in [0.05, 0.1) is 14.2 Å². The van der Waals surface area contributed by atoms with E-state index in [0.29, 0.717) is 6.42 Å². The standard InChI is InChI=1S/C19H29NO3S/c1-4-5-6-7-8-9-18(21)20-12-13-24-19(20)16-11-10-15(22-2)14-17(16)23-3/h10-11,14,19H,4-9,12-13H2,1-3H3. The summed E-state index contributed by atoms with van der Waals surface area (Å²) in [5.41, 5.74) is 1.06. The monoisotopic (exact) mass is 351 g/mol. The average Bonchev–Trinajstić information content (AvgIpc) is 3.10. The minimum Gasteiger partial charge on any atom is -0.497 e. The smallest absolute Gasteiger partial charge is 0.223 e. The number of hydrogen-bond acceptors (Lipinski definition) is 4. The van der Waals surface area contributed by atoms with E-state index in [1.165, 1.54) is 19.3 Å². The molecule has 0 bridgehead atoms. The lowest BCUT2D eigenvalue weighted by Crippen LogP contribution is -2.30. The molecular formula is C19H29NO3S. The minimum absolute atomic E-state index is 0.0500. The van der Waals surface area contributed by atoms with E-state index in [-0.39, 0.29) is 11.3 Å². The maximum atomic E-state index is 12.6. The second kappa shape index (κ2) is 9.82. The molecule has 5 heteroatoms. The van der Waals surface area contributed by atoms with E-state index in [2.05, 4.69) is 6.92 Å². The van der Waals surface area contributed by atoms with Gasteiger partial charge < -0.3 is 14.4 Å². The van der Waals surface area contributed by atoms with Crippen molar-refractivity contribution in [1.82, 2.24) is 4.90 Å². The predicted molar refractivity (Wildman–Crippen MR) is 99.8 cm³/mol. The van der Waals surface area contributed by atoms with Crippen molar-refractivity contribution in [2.75, 3.05) is 26.5 Å². The highest BCUT2D eigenvalue weighted by Gasteiger charge is 2.32. The van der Waals surface area contributed by atoms with E-state index in [4.69, 9.17) is 9.47 Å². The van der Waals surface area contributed by atoms with Crippen molar-refractivity contribution in [2.24, 2.45) is 0 Å². The first-order chi connectivity index (χ1) is 11.7. The van der Waals surface area contributed by atoms with Crippen LogP contribution >= 0.6 is 11.8 Å². The van der Waals surface area contributed by atoms with Gasteiger partial charge in [-0.05, 0) is 18.6 Å². The molecule has 1 aliphatic rings. The lowest BCUT2D eigenvalue weighted by molar-refractivity contribution is -0.131. The summed E-state index contributed by atoms with van der Waals surface area (Å²) in [6.07, 6.45) is 6.52. The largest absolute Gasteiger partial charge is 0.497 e. The number of nitrogens with zero attached hydrogens (tertiary/aromatic N) is 1. The fourth-order valence-electron chi connectivity index (χ4n) is 3.03. The zero-order valence-electron chi connectivity index (χ0n) is 15.0. The molecule has 1 amide bonds. The normalized spacial score (nSPS) is 17.1. The molecule has 1 heterocycles. The molecule has 1 aromatic rings. The van der Waals surface area contributed by atoms with Crippen molar-refractivity contribution >= 4 is 17.7 Å². The zero-order chi connectivity index (χ0) is 17.4. The molecule has 0 spiro atoms. The van der Waals surface area contributed by atoms with Gasteiger partial charge in [0.15, 0.2) is 0 Å². The first-order valence-electron chi connectivity index (χ1n) is 8.84. The average molecular weight is 352 g/mol. The van der Waals surface area contributed by atoms with Crippen molar-refractivity contribution in [2.45, 2.75) is 50.8 Å². The van der Waals surface area contributed by atoms with Gasteiger partial charge in [0.2, 0.25) is 5.91 Å². The molecule has 4 nitrogen and oxygen atoms in total. The lowest BCUT2D eigenvalue weighted by atomic mass is 10.1. The van der Waals surface area contributed by atoms with Crippen LogP contribution in [0.2, 0.25) is 0 Å². The van der Waals surface area contributed by atoms with Gasteiger partial charge in [0.25, 0.3) is 0 Å². The van der Waals surface area contributed by atoms with Crippen LogP contribution in [0.4, 0.5) is 0 Å². The molecule has 24 heavy (non-hydrogen) atoms. The number of rotatable bonds is 9. The number of amides is 1. The van der Waals surface area contributed by atoms with Crippen LogP contribution in [-0.4, -0.2) is 37.3 Å². The van der Waals surface area contributed by atoms with Gasteiger partial charge in [-0.2, -0.15) is 0 Å². The summed E-state index contributed by atoms with van der Waals surface area (Å²) in [5, 5.41) is 0.0500. The van der Waals surface area contributed by atoms with Crippen LogP contribution in [-0.2, 0) is 4.79 Å². The van der Waals surface area contributed by atoms with Gasteiger partial charge in [0.1, 0.15) is 16.9 Å². The highest BCUT2D eigenvalue weighted by atomic mass is 32.2. The first kappa shape index (κ1) is 19.0. The summed E-state index contributed by atoms with van der Waals surface area (Å²) < 4.78 is 10.8. The number of unbranched alkanes of at least 4 members (excludes halogenated alkanes) is 4. The molecule has 1 unspecified atom stereocenters. The molecule has 0 saturated carbocycles. The van der Waals surface area contributed by atoms with Crippen LogP contribution < -0.4 is 9.47 Å². The molecule has 0 N–H and O–H groups in total. The molecule has 1 atom stereocenters. The highest BCUT2D eigenvalue weighted by Crippen LogP contribution is 2.43. The summed E-state index contributed by atoms with van der Waals surface area (Å²) in [7, 11) is 3.31. The van der Waals surface area contributed by atoms with Gasteiger partial charge in [-0.1, -0.05) is 32.6 Å². The third-order valence-electron chi connectivity index (χ3n) is 4.41. The Morgan fingerprint density at radius 2 is 2.00 bits per heavy atom. The van der Waals surface area contributed by atoms with Crippen molar-refractivity contribution in [1.29, 1.82) is 0 Å². The molecule has 0 aromatic heterocycles. The number of benzene rings is 1. The molecule has 0 aliphatic carbocycles. The second-order valence-corrected chi connectivity index (χ2v) is 7.27. The van der Waals surface area contributed by atoms with Crippen molar-refractivity contribution < 1.29 is 14.3 Å². The Morgan fingerprint density at radius 3 is 2.71 bits per heavy atom. The minimum atomic E-state index is 0.0500. The number of ether oxygens (including phenoxy) is 2. The van der Waals surface area contributed by atoms with E-state index < -0.39 is 0 Å². The molecule has 1 aromatic carbocycles. The zero-order valence-corrected chi connectivity index (χ0v) is 15.9. The van der Waals surface area contributed by atoms with Crippen LogP contribution in [0.25, 0.3) is 0 Å². The summed E-state index contributed by atoms with van der Waals surface area (Å²) in [5.74, 6) is 2.79. The second-order valence-electron chi connectivity index (χ2n) is 6.08. The van der Waals surface area contributed by atoms with E-state index in [1.807, 2.05) is 23.1 Å². The van der Waals surface area contributed by atoms with Crippen molar-refractivity contribution in [3.63, 3.8) is 0 Å². The fourth-order valence-corrected chi connectivity index (χ4v) is 4.33. The van der Waals surface area contributed by atoms with Crippen molar-refractivity contribution in [3.8, 4) is 11.5 Å². The van der Waals surface area contributed by atoms with Crippen LogP contribution in [0.5, 0.6) is 11.5 Å². The first-order valence-corrected chi connectivity index (χ1v) is 9.89. The fraction of sp³-hybridized carbons (Fsp3) is 0.632. The van der Waals surface area contributed by atoms with Gasteiger partial charge in [0, 0.05) is 30.3 Å². The van der Waals surface area contributed by atoms with E-state index >= 15 is 0 Å². The SMILES string of the molecule is CCCCCCCC(=O)N1CCSC1c1ccc(OC)cc1OC. The Kier molecular flexibility index (Phi) is 7.76. The van der Waals surface area contributed by atoms with E-state index in [9.17, 15) is 4.79 Å². The Bertz CT molecular complexity index is 535. The van der Waals surface area contributed by atoms with E-state index in [1.54, 1.807) is 26.0 Å². The Labute approximate surface area is 149 Å². The number of carbonyl (C=O) groups is 1. The Balaban J connectivity index is 2.00. The van der Waals surface area contributed by atoms with Crippen LogP contribution in [0.3, 0.4) is 0 Å². The maximum Gasteiger partial charge on any atom is 0.223 e. The molecular weight excluding hydrogens is 322 g/mol. The summed E-state index contributed by atoms with van der Waals surface area (Å²) in [4.78, 5) is 14.6. The van der Waals surface area contributed by atoms with Gasteiger partial charge >= 0.3 is 0 Å². The molecule has 134 valence electrons. The Hall–Kier alpha value is -1.36. The number of thioether (sulfide) groups is 1. The predicted octanol–water partition coefficient (Wildman–Crippen LogP) is 4.64. The molecule has 1 fully saturated rings. The van der Waals surface area contributed by atoms with Crippen LogP contribution in [0.15, 0.2) is 18.2 Å². The van der Waals surface area contributed by atoms with Gasteiger partial charge in [-0.3, -0.25) is 4.79 Å². The molecule has 0 radical (unpaired) electrons. The van der Waals surface area contributed by atoms with Crippen molar-refractivity contribution in [3.05, 3.63) is 23.8 Å².